The van der Waals surface area contributed by atoms with E-state index in [-0.39, 0.29) is 30.4 Å². The third-order valence-corrected chi connectivity index (χ3v) is 5.45. The molecule has 1 atom stereocenters. The van der Waals surface area contributed by atoms with Crippen molar-refractivity contribution >= 4 is 5.78 Å². The van der Waals surface area contributed by atoms with Gasteiger partial charge in [0, 0.05) is 42.8 Å². The van der Waals surface area contributed by atoms with Gasteiger partial charge in [0.25, 0.3) is 5.56 Å². The predicted octanol–water partition coefficient (Wildman–Crippen LogP) is 2.76. The number of carbonyl (C=O) groups is 1. The summed E-state index contributed by atoms with van der Waals surface area (Å²) < 4.78 is 6.57. The Morgan fingerprint density at radius 2 is 2.17 bits per heavy atom. The summed E-state index contributed by atoms with van der Waals surface area (Å²) in [7, 11) is 0. The summed E-state index contributed by atoms with van der Waals surface area (Å²) in [6.45, 7) is 2.01. The van der Waals surface area contributed by atoms with Crippen LogP contribution in [0, 0.1) is 0 Å². The molecule has 0 bridgehead atoms. The molecule has 2 aromatic heterocycles. The Morgan fingerprint density at radius 3 is 2.93 bits per heavy atom. The van der Waals surface area contributed by atoms with Crippen LogP contribution in [0.5, 0.6) is 0 Å². The highest BCUT2D eigenvalue weighted by molar-refractivity contribution is 5.96. The number of aliphatic hydroxyl groups excluding tert-OH is 1. The molecule has 150 valence electrons. The van der Waals surface area contributed by atoms with E-state index in [1.165, 1.54) is 21.8 Å². The molecule has 7 nitrogen and oxygen atoms in total. The molecule has 7 heteroatoms. The van der Waals surface area contributed by atoms with Crippen molar-refractivity contribution in [2.45, 2.75) is 45.1 Å². The van der Waals surface area contributed by atoms with Gasteiger partial charge in [-0.15, -0.1) is 0 Å². The topological polar surface area (TPSA) is 98.2 Å². The van der Waals surface area contributed by atoms with Crippen LogP contribution in [0.4, 0.5) is 0 Å². The molecule has 0 amide bonds. The number of Topliss-reactive ketones (excluding diaryl/α,β-unsaturated/α-hetero) is 1. The number of nitrogens with zero attached hydrogens (tertiary/aromatic N) is 3. The molecule has 3 aromatic rings. The predicted molar refractivity (Wildman–Crippen MR) is 107 cm³/mol. The largest absolute Gasteiger partial charge is 0.395 e. The van der Waals surface area contributed by atoms with Gasteiger partial charge in [-0.25, -0.2) is 0 Å². The zero-order chi connectivity index (χ0) is 20.4. The van der Waals surface area contributed by atoms with Gasteiger partial charge in [-0.2, -0.15) is 4.98 Å². The lowest BCUT2D eigenvalue weighted by atomic mass is 9.93. The van der Waals surface area contributed by atoms with Gasteiger partial charge < -0.3 is 14.2 Å². The van der Waals surface area contributed by atoms with Crippen molar-refractivity contribution in [1.29, 1.82) is 0 Å². The molecule has 1 aromatic carbocycles. The molecule has 0 radical (unpaired) electrons. The Kier molecular flexibility index (Phi) is 5.40. The minimum absolute atomic E-state index is 0.00405. The molecule has 0 saturated heterocycles. The van der Waals surface area contributed by atoms with E-state index >= 15 is 0 Å². The van der Waals surface area contributed by atoms with E-state index in [2.05, 4.69) is 22.3 Å². The standard InChI is InChI=1S/C22H23N3O4/c1-2-20-23-22(24-29-20)16-5-7-18-14(11-16)3-4-15(18)12-19(27)17-6-8-21(28)25(13-17)9-10-26/h5-8,11,13,15,26H,2-4,9-10,12H2,1H3/t15-/m0/s1. The van der Waals surface area contributed by atoms with Crippen molar-refractivity contribution in [3.8, 4) is 11.4 Å². The molecule has 0 saturated carbocycles. The number of fused-ring (bicyclic) bond motifs is 1. The van der Waals surface area contributed by atoms with E-state index in [1.54, 1.807) is 12.3 Å². The van der Waals surface area contributed by atoms with Crippen LogP contribution in [-0.2, 0) is 19.4 Å². The molecule has 0 fully saturated rings. The van der Waals surface area contributed by atoms with Gasteiger partial charge in [0.1, 0.15) is 0 Å². The molecular weight excluding hydrogens is 370 g/mol. The number of carbonyl (C=O) groups excluding carboxylic acids is 1. The molecule has 0 unspecified atom stereocenters. The quantitative estimate of drug-likeness (QED) is 0.620. The average Bonchev–Trinajstić information content (AvgIpc) is 3.36. The first-order valence-corrected chi connectivity index (χ1v) is 9.89. The average molecular weight is 393 g/mol. The van der Waals surface area contributed by atoms with Crippen LogP contribution in [0.3, 0.4) is 0 Å². The van der Waals surface area contributed by atoms with E-state index in [0.29, 0.717) is 30.1 Å². The summed E-state index contributed by atoms with van der Waals surface area (Å²) in [5, 5.41) is 13.1. The van der Waals surface area contributed by atoms with Crippen LogP contribution in [0.15, 0.2) is 45.8 Å². The molecular formula is C22H23N3O4. The number of ketones is 1. The van der Waals surface area contributed by atoms with Crippen molar-refractivity contribution in [3.05, 3.63) is 69.5 Å². The van der Waals surface area contributed by atoms with Gasteiger partial charge in [0.15, 0.2) is 5.78 Å². The van der Waals surface area contributed by atoms with Crippen molar-refractivity contribution in [3.63, 3.8) is 0 Å². The maximum absolute atomic E-state index is 12.8. The lowest BCUT2D eigenvalue weighted by Crippen LogP contribution is -2.22. The van der Waals surface area contributed by atoms with E-state index in [4.69, 9.17) is 9.63 Å². The summed E-state index contributed by atoms with van der Waals surface area (Å²) in [6, 6.07) is 9.08. The van der Waals surface area contributed by atoms with E-state index in [9.17, 15) is 9.59 Å². The maximum Gasteiger partial charge on any atom is 0.250 e. The minimum atomic E-state index is -0.220. The molecule has 0 aliphatic heterocycles. The third-order valence-electron chi connectivity index (χ3n) is 5.45. The Morgan fingerprint density at radius 1 is 1.31 bits per heavy atom. The summed E-state index contributed by atoms with van der Waals surface area (Å²) in [5.74, 6) is 1.37. The number of pyridine rings is 1. The normalized spacial score (nSPS) is 15.4. The summed E-state index contributed by atoms with van der Waals surface area (Å²) in [4.78, 5) is 29.0. The highest BCUT2D eigenvalue weighted by Crippen LogP contribution is 2.38. The number of aryl methyl sites for hydroxylation is 2. The second-order valence-electron chi connectivity index (χ2n) is 7.31. The molecule has 2 heterocycles. The van der Waals surface area contributed by atoms with Gasteiger partial charge in [-0.3, -0.25) is 9.59 Å². The van der Waals surface area contributed by atoms with Crippen molar-refractivity contribution in [2.75, 3.05) is 6.61 Å². The molecule has 1 aliphatic rings. The Balaban J connectivity index is 1.52. The SMILES string of the molecule is CCc1nc(-c2ccc3c(c2)CC[C@H]3CC(=O)c2ccc(=O)n(CCO)c2)no1. The first-order valence-electron chi connectivity index (χ1n) is 9.89. The van der Waals surface area contributed by atoms with Gasteiger partial charge >= 0.3 is 0 Å². The Hall–Kier alpha value is -3.06. The minimum Gasteiger partial charge on any atom is -0.395 e. The van der Waals surface area contributed by atoms with Crippen LogP contribution in [0.2, 0.25) is 0 Å². The summed E-state index contributed by atoms with van der Waals surface area (Å²) in [6.07, 6.45) is 4.46. The molecule has 1 N–H and O–H groups in total. The van der Waals surface area contributed by atoms with E-state index < -0.39 is 0 Å². The molecule has 0 spiro atoms. The smallest absolute Gasteiger partial charge is 0.250 e. The number of aromatic nitrogens is 3. The van der Waals surface area contributed by atoms with Crippen molar-refractivity contribution in [2.24, 2.45) is 0 Å². The number of hydrogen-bond acceptors (Lipinski definition) is 6. The molecule has 4 rings (SSSR count). The van der Waals surface area contributed by atoms with Crippen molar-refractivity contribution in [1.82, 2.24) is 14.7 Å². The van der Waals surface area contributed by atoms with Gasteiger partial charge in [0.05, 0.1) is 6.61 Å². The van der Waals surface area contributed by atoms with Crippen LogP contribution in [0.25, 0.3) is 11.4 Å². The number of hydrogen-bond donors (Lipinski definition) is 1. The Bertz CT molecular complexity index is 1100. The van der Waals surface area contributed by atoms with Crippen LogP contribution in [0.1, 0.15) is 53.1 Å². The van der Waals surface area contributed by atoms with Crippen LogP contribution in [-0.4, -0.2) is 32.2 Å². The monoisotopic (exact) mass is 393 g/mol. The second-order valence-corrected chi connectivity index (χ2v) is 7.31. The second kappa shape index (κ2) is 8.13. The molecule has 1 aliphatic carbocycles. The first kappa shape index (κ1) is 19.3. The number of benzene rings is 1. The van der Waals surface area contributed by atoms with Gasteiger partial charge in [-0.1, -0.05) is 24.2 Å². The Labute approximate surface area is 168 Å². The zero-order valence-corrected chi connectivity index (χ0v) is 16.3. The molecule has 29 heavy (non-hydrogen) atoms. The number of rotatable bonds is 7. The van der Waals surface area contributed by atoms with Gasteiger partial charge in [0.2, 0.25) is 11.7 Å². The lowest BCUT2D eigenvalue weighted by Gasteiger charge is -2.12. The first-order chi connectivity index (χ1) is 14.1. The van der Waals surface area contributed by atoms with Crippen molar-refractivity contribution < 1.29 is 14.4 Å². The van der Waals surface area contributed by atoms with E-state index in [1.807, 2.05) is 13.0 Å². The lowest BCUT2D eigenvalue weighted by molar-refractivity contribution is 0.0972. The fourth-order valence-electron chi connectivity index (χ4n) is 3.89. The van der Waals surface area contributed by atoms with Gasteiger partial charge in [-0.05, 0) is 42.0 Å². The highest BCUT2D eigenvalue weighted by Gasteiger charge is 2.26. The number of aliphatic hydroxyl groups is 1. The third kappa shape index (κ3) is 3.91. The zero-order valence-electron chi connectivity index (χ0n) is 16.3. The van der Waals surface area contributed by atoms with Crippen LogP contribution >= 0.6 is 0 Å². The fraction of sp³-hybridized carbons (Fsp3) is 0.364. The fourth-order valence-corrected chi connectivity index (χ4v) is 3.89. The summed E-state index contributed by atoms with van der Waals surface area (Å²) >= 11 is 0. The summed E-state index contributed by atoms with van der Waals surface area (Å²) in [5.41, 5.74) is 3.61. The van der Waals surface area contributed by atoms with E-state index in [0.717, 1.165) is 18.4 Å². The highest BCUT2D eigenvalue weighted by atomic mass is 16.5. The maximum atomic E-state index is 12.8. The van der Waals surface area contributed by atoms with Crippen LogP contribution < -0.4 is 5.56 Å².